The average Bonchev–Trinajstić information content (AvgIpc) is 3.41. The molecule has 0 heterocycles. The Hall–Kier alpha value is -4.12. The van der Waals surface area contributed by atoms with E-state index in [0.29, 0.717) is 25.7 Å². The molecule has 3 atom stereocenters. The molecule has 0 saturated heterocycles. The summed E-state index contributed by atoms with van der Waals surface area (Å²) in [6.45, 7) is 4.28. The third-order valence-corrected chi connectivity index (χ3v) is 12.8. The highest BCUT2D eigenvalue weighted by molar-refractivity contribution is 7.47. The molecule has 0 aliphatic carbocycles. The van der Waals surface area contributed by atoms with E-state index in [2.05, 4.69) is 130 Å². The van der Waals surface area contributed by atoms with Crippen LogP contribution in [-0.2, 0) is 42.2 Å². The van der Waals surface area contributed by atoms with Gasteiger partial charge < -0.3 is 24.2 Å². The molecule has 0 fully saturated rings. The minimum absolute atomic E-state index is 0.0908. The summed E-state index contributed by atoms with van der Waals surface area (Å²) >= 11 is 0. The van der Waals surface area contributed by atoms with E-state index >= 15 is 0 Å². The average molecular weight is 1080 g/mol. The molecule has 0 spiro atoms. The lowest BCUT2D eigenvalue weighted by atomic mass is 10.1. The van der Waals surface area contributed by atoms with E-state index < -0.39 is 57.8 Å². The van der Waals surface area contributed by atoms with Gasteiger partial charge in [-0.05, 0) is 122 Å². The van der Waals surface area contributed by atoms with Crippen LogP contribution in [0.1, 0.15) is 226 Å². The fourth-order valence-electron chi connectivity index (χ4n) is 7.44. The van der Waals surface area contributed by atoms with Crippen LogP contribution in [0.3, 0.4) is 0 Å². The van der Waals surface area contributed by atoms with Crippen molar-refractivity contribution in [2.75, 3.05) is 26.4 Å². The highest BCUT2D eigenvalue weighted by Crippen LogP contribution is 2.43. The number of carbonyl (C=O) groups excluding carboxylic acids is 3. The predicted molar refractivity (Wildman–Crippen MR) is 316 cm³/mol. The summed E-state index contributed by atoms with van der Waals surface area (Å²) in [5.74, 6) is -1.58. The molecule has 0 aliphatic rings. The van der Waals surface area contributed by atoms with Gasteiger partial charge >= 0.3 is 25.7 Å². The molecule has 76 heavy (non-hydrogen) atoms. The third kappa shape index (κ3) is 54.7. The fourth-order valence-corrected chi connectivity index (χ4v) is 8.22. The number of esters is 3. The molecule has 0 aromatic heterocycles. The number of rotatable bonds is 53. The van der Waals surface area contributed by atoms with Crippen molar-refractivity contribution in [1.82, 2.24) is 0 Å². The summed E-state index contributed by atoms with van der Waals surface area (Å²) in [6, 6.07) is 0. The van der Waals surface area contributed by atoms with Gasteiger partial charge in [0.05, 0.1) is 19.8 Å². The summed E-state index contributed by atoms with van der Waals surface area (Å²) in [7, 11) is -4.78. The number of aliphatic hydroxyl groups excluding tert-OH is 1. The molecule has 12 heteroatoms. The molecule has 432 valence electrons. The molecule has 0 amide bonds. The van der Waals surface area contributed by atoms with Crippen molar-refractivity contribution >= 4 is 25.7 Å². The van der Waals surface area contributed by atoms with Crippen LogP contribution in [0.4, 0.5) is 0 Å². The van der Waals surface area contributed by atoms with E-state index in [1.54, 1.807) is 0 Å². The van der Waals surface area contributed by atoms with Gasteiger partial charge in [0.25, 0.3) is 0 Å². The number of unbranched alkanes of at least 4 members (excludes halogenated alkanes) is 16. The van der Waals surface area contributed by atoms with Crippen molar-refractivity contribution in [3.8, 4) is 0 Å². The second-order valence-electron chi connectivity index (χ2n) is 19.0. The van der Waals surface area contributed by atoms with Crippen molar-refractivity contribution in [3.05, 3.63) is 122 Å². The Kier molecular flexibility index (Phi) is 54.0. The Morgan fingerprint density at radius 1 is 0.382 bits per heavy atom. The molecular formula is C64H105O11P. The summed E-state index contributed by atoms with van der Waals surface area (Å²) in [6.07, 6.45) is 70.2. The number of allylic oxidation sites excluding steroid dienone is 20. The second kappa shape index (κ2) is 57.1. The van der Waals surface area contributed by atoms with Gasteiger partial charge in [0.1, 0.15) is 12.7 Å². The highest BCUT2D eigenvalue weighted by Gasteiger charge is 2.28. The number of carbonyl (C=O) groups is 3. The lowest BCUT2D eigenvalue weighted by molar-refractivity contribution is -0.161. The smallest absolute Gasteiger partial charge is 0.462 e. The normalized spacial score (nSPS) is 14.2. The SMILES string of the molecule is CC/C=C\C/C=C\C/C=C\C/C=C\C/C=C\CCCC(=O)OC(CO)COP(=O)(O)OCC(COC(=O)CCCCC/C=C\C/C=C\C/C=C\CC)OC(=O)CCCCCCCCCCC/C=C\C/C=C\CCCCC. The summed E-state index contributed by atoms with van der Waals surface area (Å²) in [5, 5.41) is 9.82. The molecule has 0 aromatic carbocycles. The van der Waals surface area contributed by atoms with Crippen LogP contribution >= 0.6 is 7.82 Å². The van der Waals surface area contributed by atoms with E-state index in [1.807, 2.05) is 12.2 Å². The van der Waals surface area contributed by atoms with E-state index in [4.69, 9.17) is 23.3 Å². The number of phosphoric acid groups is 1. The van der Waals surface area contributed by atoms with Crippen molar-refractivity contribution in [3.63, 3.8) is 0 Å². The summed E-state index contributed by atoms with van der Waals surface area (Å²) in [5.41, 5.74) is 0. The number of hydrogen-bond acceptors (Lipinski definition) is 10. The quantitative estimate of drug-likeness (QED) is 0.0197. The number of ether oxygens (including phenoxy) is 3. The standard InChI is InChI=1S/C64H105O11P/c1-4-7-10-13-16-19-22-25-27-29-30-32-34-37-40-43-46-49-52-55-64(68)75-61(57-71-62(66)53-50-47-44-41-38-35-24-21-18-15-12-9-6-3)59-73-76(69,70)72-58-60(56-65)74-63(67)54-51-48-45-42-39-36-33-31-28-26-23-20-17-14-11-8-5-2/h8-9,11-12,16-21,25-28,33,35-36,38,42,45,60-61,65H,4-7,10,13-15,22-24,29-32,34,37,39-41,43-44,46-59H2,1-3H3,(H,69,70)/b11-8-,12-9-,19-16-,20-17-,21-18-,27-25-,28-26-,36-33-,38-35-,45-42-. The van der Waals surface area contributed by atoms with E-state index in [1.165, 1.54) is 51.4 Å². The Morgan fingerprint density at radius 3 is 1.12 bits per heavy atom. The minimum Gasteiger partial charge on any atom is -0.462 e. The van der Waals surface area contributed by atoms with Gasteiger partial charge in [-0.15, -0.1) is 0 Å². The lowest BCUT2D eigenvalue weighted by Crippen LogP contribution is -2.30. The van der Waals surface area contributed by atoms with Crippen LogP contribution < -0.4 is 0 Å². The molecular weight excluding hydrogens is 976 g/mol. The molecule has 0 radical (unpaired) electrons. The van der Waals surface area contributed by atoms with Gasteiger partial charge in [0.2, 0.25) is 0 Å². The maximum absolute atomic E-state index is 12.9. The van der Waals surface area contributed by atoms with Gasteiger partial charge in [-0.2, -0.15) is 0 Å². The van der Waals surface area contributed by atoms with E-state index in [9.17, 15) is 28.9 Å². The Labute approximate surface area is 462 Å². The first-order chi connectivity index (χ1) is 37.2. The van der Waals surface area contributed by atoms with Crippen LogP contribution in [-0.4, -0.2) is 66.5 Å². The van der Waals surface area contributed by atoms with Crippen LogP contribution in [0.15, 0.2) is 122 Å². The van der Waals surface area contributed by atoms with Crippen LogP contribution in [0.5, 0.6) is 0 Å². The van der Waals surface area contributed by atoms with Crippen molar-refractivity contribution in [2.45, 2.75) is 238 Å². The zero-order valence-electron chi connectivity index (χ0n) is 47.7. The van der Waals surface area contributed by atoms with Gasteiger partial charge in [-0.1, -0.05) is 206 Å². The summed E-state index contributed by atoms with van der Waals surface area (Å²) < 4.78 is 39.5. The fraction of sp³-hybridized carbons (Fsp3) is 0.641. The van der Waals surface area contributed by atoms with Crippen LogP contribution in [0.25, 0.3) is 0 Å². The van der Waals surface area contributed by atoms with Crippen LogP contribution in [0.2, 0.25) is 0 Å². The number of phosphoric ester groups is 1. The van der Waals surface area contributed by atoms with Gasteiger partial charge in [0, 0.05) is 19.3 Å². The first-order valence-electron chi connectivity index (χ1n) is 29.4. The topological polar surface area (TPSA) is 155 Å². The maximum Gasteiger partial charge on any atom is 0.472 e. The zero-order valence-corrected chi connectivity index (χ0v) is 48.6. The molecule has 0 bridgehead atoms. The van der Waals surface area contributed by atoms with Crippen LogP contribution in [0, 0.1) is 0 Å². The van der Waals surface area contributed by atoms with E-state index in [0.717, 1.165) is 109 Å². The van der Waals surface area contributed by atoms with Crippen molar-refractivity contribution < 1.29 is 52.2 Å². The lowest BCUT2D eigenvalue weighted by Gasteiger charge is -2.21. The highest BCUT2D eigenvalue weighted by atomic mass is 31.2. The monoisotopic (exact) mass is 1080 g/mol. The predicted octanol–water partition coefficient (Wildman–Crippen LogP) is 17.6. The Morgan fingerprint density at radius 2 is 0.697 bits per heavy atom. The molecule has 11 nitrogen and oxygen atoms in total. The molecule has 3 unspecified atom stereocenters. The zero-order chi connectivity index (χ0) is 55.5. The van der Waals surface area contributed by atoms with Gasteiger partial charge in [0.15, 0.2) is 6.10 Å². The van der Waals surface area contributed by atoms with Gasteiger partial charge in [-0.3, -0.25) is 23.4 Å². The first-order valence-corrected chi connectivity index (χ1v) is 30.9. The van der Waals surface area contributed by atoms with E-state index in [-0.39, 0.29) is 25.9 Å². The van der Waals surface area contributed by atoms with Crippen molar-refractivity contribution in [1.29, 1.82) is 0 Å². The molecule has 0 aromatic rings. The van der Waals surface area contributed by atoms with Crippen molar-refractivity contribution in [2.24, 2.45) is 0 Å². The molecule has 0 rings (SSSR count). The van der Waals surface area contributed by atoms with Gasteiger partial charge in [-0.25, -0.2) is 4.57 Å². The largest absolute Gasteiger partial charge is 0.472 e. The maximum atomic E-state index is 12.9. The molecule has 0 aliphatic heterocycles. The first kappa shape index (κ1) is 71.9. The molecule has 2 N–H and O–H groups in total. The molecule has 0 saturated carbocycles. The third-order valence-electron chi connectivity index (χ3n) is 11.8. The number of aliphatic hydroxyl groups is 1. The second-order valence-corrected chi connectivity index (χ2v) is 20.5. The Bertz CT molecular complexity index is 1740. The number of hydrogen-bond donors (Lipinski definition) is 2. The summed E-state index contributed by atoms with van der Waals surface area (Å²) in [4.78, 5) is 48.6. The minimum atomic E-state index is -4.78. The Balaban J connectivity index is 4.80.